The van der Waals surface area contributed by atoms with E-state index >= 15 is 0 Å². The molecule has 0 aliphatic carbocycles. The van der Waals surface area contributed by atoms with Crippen molar-refractivity contribution in [1.29, 1.82) is 0 Å². The highest BCUT2D eigenvalue weighted by molar-refractivity contribution is 7.91. The molecule has 2 heterocycles. The van der Waals surface area contributed by atoms with E-state index in [2.05, 4.69) is 17.1 Å². The minimum atomic E-state index is -2.95. The number of nitrogens with zero attached hydrogens (tertiary/aromatic N) is 2. The van der Waals surface area contributed by atoms with Crippen molar-refractivity contribution in [3.8, 4) is 0 Å². The highest BCUT2D eigenvalue weighted by Gasteiger charge is 2.32. The quantitative estimate of drug-likeness (QED) is 0.822. The summed E-state index contributed by atoms with van der Waals surface area (Å²) in [7, 11) is -1.26. The third-order valence-corrected chi connectivity index (χ3v) is 6.27. The van der Waals surface area contributed by atoms with Crippen molar-refractivity contribution in [1.82, 2.24) is 15.1 Å². The standard InChI is InChI=1S/C14H27N3O3S/c1-12-4-3-7-17(10-12)8-6-15-14(18)16(2)13-5-9-21(19,20)11-13/h12-13H,3-11H2,1-2H3,(H,15,18)/t12-,13-/m1/s1. The topological polar surface area (TPSA) is 69.7 Å². The van der Waals surface area contributed by atoms with Crippen LogP contribution in [0.15, 0.2) is 0 Å². The maximum atomic E-state index is 12.0. The lowest BCUT2D eigenvalue weighted by atomic mass is 10.0. The van der Waals surface area contributed by atoms with Crippen molar-refractivity contribution in [3.63, 3.8) is 0 Å². The van der Waals surface area contributed by atoms with Gasteiger partial charge in [-0.15, -0.1) is 0 Å². The monoisotopic (exact) mass is 317 g/mol. The van der Waals surface area contributed by atoms with Gasteiger partial charge in [0.1, 0.15) is 0 Å². The van der Waals surface area contributed by atoms with E-state index in [1.54, 1.807) is 11.9 Å². The van der Waals surface area contributed by atoms with Gasteiger partial charge >= 0.3 is 6.03 Å². The number of sulfone groups is 1. The summed E-state index contributed by atoms with van der Waals surface area (Å²) in [6, 6.07) is -0.341. The molecule has 0 aromatic carbocycles. The summed E-state index contributed by atoms with van der Waals surface area (Å²) in [6.07, 6.45) is 3.08. The molecule has 2 aliphatic rings. The van der Waals surface area contributed by atoms with Gasteiger partial charge in [0.15, 0.2) is 9.84 Å². The average Bonchev–Trinajstić information content (AvgIpc) is 2.78. The molecular weight excluding hydrogens is 290 g/mol. The van der Waals surface area contributed by atoms with Crippen molar-refractivity contribution >= 4 is 15.9 Å². The van der Waals surface area contributed by atoms with Crippen LogP contribution in [0, 0.1) is 5.92 Å². The average molecular weight is 317 g/mol. The maximum absolute atomic E-state index is 12.0. The number of urea groups is 1. The van der Waals surface area contributed by atoms with Gasteiger partial charge in [-0.1, -0.05) is 6.92 Å². The number of piperidine rings is 1. The Hall–Kier alpha value is -0.820. The third kappa shape index (κ3) is 4.85. The Kier molecular flexibility index (Phi) is 5.48. The van der Waals surface area contributed by atoms with E-state index in [0.717, 1.165) is 25.6 Å². The van der Waals surface area contributed by atoms with E-state index in [1.807, 2.05) is 0 Å². The molecule has 0 aromatic rings. The lowest BCUT2D eigenvalue weighted by molar-refractivity contribution is 0.175. The zero-order valence-electron chi connectivity index (χ0n) is 13.0. The number of carbonyl (C=O) groups is 1. The fourth-order valence-electron chi connectivity index (χ4n) is 3.18. The Bertz CT molecular complexity index is 466. The fourth-order valence-corrected chi connectivity index (χ4v) is 4.96. The SMILES string of the molecule is C[C@@H]1CCCN(CCNC(=O)N(C)[C@@H]2CCS(=O)(=O)C2)C1. The first-order valence-electron chi connectivity index (χ1n) is 7.81. The largest absolute Gasteiger partial charge is 0.337 e. The molecule has 0 bridgehead atoms. The van der Waals surface area contributed by atoms with Crippen LogP contribution in [0.1, 0.15) is 26.2 Å². The summed E-state index contributed by atoms with van der Waals surface area (Å²) in [5, 5.41) is 2.90. The number of nitrogens with one attached hydrogen (secondary N) is 1. The molecule has 1 N–H and O–H groups in total. The molecule has 0 radical (unpaired) electrons. The molecule has 0 spiro atoms. The van der Waals surface area contributed by atoms with Gasteiger partial charge in [-0.05, 0) is 31.7 Å². The smallest absolute Gasteiger partial charge is 0.317 e. The van der Waals surface area contributed by atoms with Crippen molar-refractivity contribution in [2.75, 3.05) is 44.7 Å². The van der Waals surface area contributed by atoms with Gasteiger partial charge in [-0.3, -0.25) is 0 Å². The van der Waals surface area contributed by atoms with Crippen LogP contribution in [0.2, 0.25) is 0 Å². The second-order valence-corrected chi connectivity index (χ2v) is 8.68. The molecule has 0 unspecified atom stereocenters. The summed E-state index contributed by atoms with van der Waals surface area (Å²) in [5.74, 6) is 1.03. The second kappa shape index (κ2) is 6.96. The zero-order chi connectivity index (χ0) is 15.5. The Balaban J connectivity index is 1.69. The molecule has 21 heavy (non-hydrogen) atoms. The van der Waals surface area contributed by atoms with Gasteiger partial charge in [-0.2, -0.15) is 0 Å². The van der Waals surface area contributed by atoms with Crippen LogP contribution in [0.4, 0.5) is 4.79 Å². The van der Waals surface area contributed by atoms with E-state index < -0.39 is 9.84 Å². The van der Waals surface area contributed by atoms with Crippen molar-refractivity contribution in [2.45, 2.75) is 32.2 Å². The number of hydrogen-bond acceptors (Lipinski definition) is 4. The van der Waals surface area contributed by atoms with Crippen LogP contribution in [0.3, 0.4) is 0 Å². The number of hydrogen-bond donors (Lipinski definition) is 1. The Morgan fingerprint density at radius 1 is 1.38 bits per heavy atom. The van der Waals surface area contributed by atoms with Crippen LogP contribution in [-0.4, -0.2) is 75.0 Å². The lowest BCUT2D eigenvalue weighted by Gasteiger charge is -2.31. The lowest BCUT2D eigenvalue weighted by Crippen LogP contribution is -2.47. The molecule has 7 heteroatoms. The Labute approximate surface area is 127 Å². The zero-order valence-corrected chi connectivity index (χ0v) is 13.9. The molecule has 122 valence electrons. The summed E-state index contributed by atoms with van der Waals surface area (Å²) in [6.45, 7) is 5.96. The molecule has 2 aliphatic heterocycles. The van der Waals surface area contributed by atoms with E-state index in [4.69, 9.17) is 0 Å². The van der Waals surface area contributed by atoms with Crippen LogP contribution in [0.5, 0.6) is 0 Å². The minimum absolute atomic E-state index is 0.0978. The molecule has 2 amide bonds. The fraction of sp³-hybridized carbons (Fsp3) is 0.929. The van der Waals surface area contributed by atoms with Crippen molar-refractivity contribution < 1.29 is 13.2 Å². The van der Waals surface area contributed by atoms with Crippen LogP contribution in [0.25, 0.3) is 0 Å². The normalized spacial score (nSPS) is 29.2. The van der Waals surface area contributed by atoms with E-state index in [-0.39, 0.29) is 23.6 Å². The van der Waals surface area contributed by atoms with Crippen LogP contribution >= 0.6 is 0 Å². The number of rotatable bonds is 4. The number of likely N-dealkylation sites (tertiary alicyclic amines) is 1. The molecule has 2 saturated heterocycles. The summed E-state index contributed by atoms with van der Waals surface area (Å²) in [5.41, 5.74) is 0. The van der Waals surface area contributed by atoms with Gasteiger partial charge in [0.25, 0.3) is 0 Å². The molecule has 2 fully saturated rings. The van der Waals surface area contributed by atoms with E-state index in [9.17, 15) is 13.2 Å². The molecule has 6 nitrogen and oxygen atoms in total. The molecule has 2 rings (SSSR count). The van der Waals surface area contributed by atoms with Gasteiger partial charge in [-0.25, -0.2) is 13.2 Å². The highest BCUT2D eigenvalue weighted by atomic mass is 32.2. The van der Waals surface area contributed by atoms with Gasteiger partial charge in [0, 0.05) is 32.7 Å². The van der Waals surface area contributed by atoms with Crippen molar-refractivity contribution in [2.24, 2.45) is 5.92 Å². The third-order valence-electron chi connectivity index (χ3n) is 4.52. The molecule has 2 atom stereocenters. The summed E-state index contributed by atoms with van der Waals surface area (Å²) < 4.78 is 22.9. The first-order chi connectivity index (χ1) is 9.87. The first-order valence-corrected chi connectivity index (χ1v) is 9.63. The Morgan fingerprint density at radius 3 is 2.76 bits per heavy atom. The predicted molar refractivity (Wildman–Crippen MR) is 83.1 cm³/mol. The molecular formula is C14H27N3O3S. The number of carbonyl (C=O) groups excluding carboxylic acids is 1. The van der Waals surface area contributed by atoms with E-state index in [1.165, 1.54) is 12.8 Å². The highest BCUT2D eigenvalue weighted by Crippen LogP contribution is 2.16. The first kappa shape index (κ1) is 16.5. The van der Waals surface area contributed by atoms with Gasteiger partial charge in [0.05, 0.1) is 11.5 Å². The second-order valence-electron chi connectivity index (χ2n) is 6.45. The maximum Gasteiger partial charge on any atom is 0.317 e. The predicted octanol–water partition coefficient (Wildman–Crippen LogP) is 0.547. The minimum Gasteiger partial charge on any atom is -0.337 e. The molecule has 0 saturated carbocycles. The van der Waals surface area contributed by atoms with Crippen LogP contribution in [-0.2, 0) is 9.84 Å². The summed E-state index contributed by atoms with van der Waals surface area (Å²) in [4.78, 5) is 16.0. The van der Waals surface area contributed by atoms with E-state index in [0.29, 0.717) is 13.0 Å². The number of amides is 2. The van der Waals surface area contributed by atoms with Crippen molar-refractivity contribution in [3.05, 3.63) is 0 Å². The summed E-state index contributed by atoms with van der Waals surface area (Å²) >= 11 is 0. The Morgan fingerprint density at radius 2 is 2.14 bits per heavy atom. The van der Waals surface area contributed by atoms with Crippen LogP contribution < -0.4 is 5.32 Å². The van der Waals surface area contributed by atoms with Gasteiger partial charge in [0.2, 0.25) is 0 Å². The molecule has 0 aromatic heterocycles. The van der Waals surface area contributed by atoms with Gasteiger partial charge < -0.3 is 15.1 Å².